The molecule has 0 bridgehead atoms. The average Bonchev–Trinajstić information content (AvgIpc) is 2.68. The smallest absolute Gasteiger partial charge is 0.229 e. The molecule has 0 aromatic heterocycles. The van der Waals surface area contributed by atoms with Crippen molar-refractivity contribution in [2.24, 2.45) is 5.41 Å². The highest BCUT2D eigenvalue weighted by Gasteiger charge is 2.21. The van der Waals surface area contributed by atoms with Crippen LogP contribution < -0.4 is 10.6 Å². The normalized spacial score (nSPS) is 17.1. The number of amides is 1. The zero-order valence-electron chi connectivity index (χ0n) is 13.5. The van der Waals surface area contributed by atoms with E-state index in [9.17, 15) is 4.79 Å². The van der Waals surface area contributed by atoms with Crippen LogP contribution in [0, 0.1) is 5.41 Å². The fraction of sp³-hybridized carbons (Fsp3) is 0.611. The lowest BCUT2D eigenvalue weighted by Crippen LogP contribution is -2.27. The van der Waals surface area contributed by atoms with E-state index in [1.165, 1.54) is 38.5 Å². The number of carbonyl (C=O) groups is 1. The standard InChI is InChI=1S/C18H28N2O/c1-18(2,3)17(21)20-16-12-10-15(11-13-16)19-14-8-6-4-5-7-9-14/h10-14,19H,4-9H2,1-3H3,(H,20,21). The van der Waals surface area contributed by atoms with Gasteiger partial charge in [-0.3, -0.25) is 4.79 Å². The van der Waals surface area contributed by atoms with E-state index in [1.54, 1.807) is 0 Å². The van der Waals surface area contributed by atoms with E-state index in [1.807, 2.05) is 32.9 Å². The molecular formula is C18H28N2O. The largest absolute Gasteiger partial charge is 0.382 e. The van der Waals surface area contributed by atoms with E-state index in [-0.39, 0.29) is 11.3 Å². The maximum absolute atomic E-state index is 11.9. The zero-order valence-corrected chi connectivity index (χ0v) is 13.5. The summed E-state index contributed by atoms with van der Waals surface area (Å²) >= 11 is 0. The van der Waals surface area contributed by atoms with Gasteiger partial charge in [0.25, 0.3) is 0 Å². The molecule has 1 aliphatic carbocycles. The molecule has 0 heterocycles. The molecule has 2 N–H and O–H groups in total. The van der Waals surface area contributed by atoms with E-state index in [4.69, 9.17) is 0 Å². The summed E-state index contributed by atoms with van der Waals surface area (Å²) in [7, 11) is 0. The van der Waals surface area contributed by atoms with Crippen molar-refractivity contribution in [3.05, 3.63) is 24.3 Å². The van der Waals surface area contributed by atoms with E-state index < -0.39 is 0 Å². The summed E-state index contributed by atoms with van der Waals surface area (Å²) in [6.45, 7) is 5.76. The molecule has 0 atom stereocenters. The number of carbonyl (C=O) groups excluding carboxylic acids is 1. The quantitative estimate of drug-likeness (QED) is 0.784. The third-order valence-electron chi connectivity index (χ3n) is 4.05. The van der Waals surface area contributed by atoms with Gasteiger partial charge >= 0.3 is 0 Å². The molecule has 1 amide bonds. The molecule has 0 aliphatic heterocycles. The molecule has 21 heavy (non-hydrogen) atoms. The van der Waals surface area contributed by atoms with E-state index >= 15 is 0 Å². The molecule has 0 radical (unpaired) electrons. The van der Waals surface area contributed by atoms with Crippen molar-refractivity contribution in [1.29, 1.82) is 0 Å². The fourth-order valence-corrected chi connectivity index (χ4v) is 2.63. The van der Waals surface area contributed by atoms with Gasteiger partial charge in [-0.15, -0.1) is 0 Å². The minimum atomic E-state index is -0.364. The lowest BCUT2D eigenvalue weighted by atomic mass is 9.95. The Balaban J connectivity index is 1.91. The lowest BCUT2D eigenvalue weighted by Gasteiger charge is -2.19. The Bertz CT molecular complexity index is 451. The molecule has 3 nitrogen and oxygen atoms in total. The van der Waals surface area contributed by atoms with Crippen LogP contribution in [-0.2, 0) is 4.79 Å². The molecule has 2 rings (SSSR count). The number of nitrogens with one attached hydrogen (secondary N) is 2. The Hall–Kier alpha value is -1.51. The lowest BCUT2D eigenvalue weighted by molar-refractivity contribution is -0.123. The van der Waals surface area contributed by atoms with Gasteiger partial charge < -0.3 is 10.6 Å². The molecule has 1 fully saturated rings. The molecule has 1 aliphatic rings. The van der Waals surface area contributed by atoms with Crippen LogP contribution in [0.15, 0.2) is 24.3 Å². The molecule has 1 saturated carbocycles. The summed E-state index contributed by atoms with van der Waals surface area (Å²) < 4.78 is 0. The summed E-state index contributed by atoms with van der Waals surface area (Å²) in [5.74, 6) is 0.0481. The fourth-order valence-electron chi connectivity index (χ4n) is 2.63. The van der Waals surface area contributed by atoms with Gasteiger partial charge in [-0.05, 0) is 37.1 Å². The molecule has 0 saturated heterocycles. The topological polar surface area (TPSA) is 41.1 Å². The molecule has 0 unspecified atom stereocenters. The van der Waals surface area contributed by atoms with Crippen LogP contribution in [-0.4, -0.2) is 11.9 Å². The van der Waals surface area contributed by atoms with Crippen molar-refractivity contribution in [3.63, 3.8) is 0 Å². The summed E-state index contributed by atoms with van der Waals surface area (Å²) in [6.07, 6.45) is 7.94. The highest BCUT2D eigenvalue weighted by molar-refractivity contribution is 5.94. The van der Waals surface area contributed by atoms with Gasteiger partial charge in [-0.25, -0.2) is 0 Å². The maximum atomic E-state index is 11.9. The number of hydrogen-bond donors (Lipinski definition) is 2. The van der Waals surface area contributed by atoms with Crippen molar-refractivity contribution < 1.29 is 4.79 Å². The SMILES string of the molecule is CC(C)(C)C(=O)Nc1ccc(NC2CCCCCC2)cc1. The molecular weight excluding hydrogens is 260 g/mol. The second-order valence-corrected chi connectivity index (χ2v) is 7.11. The monoisotopic (exact) mass is 288 g/mol. The highest BCUT2D eigenvalue weighted by Crippen LogP contribution is 2.23. The van der Waals surface area contributed by atoms with Crippen LogP contribution in [0.3, 0.4) is 0 Å². The second-order valence-electron chi connectivity index (χ2n) is 7.11. The molecule has 3 heteroatoms. The van der Waals surface area contributed by atoms with E-state index in [2.05, 4.69) is 22.8 Å². The van der Waals surface area contributed by atoms with Crippen molar-refractivity contribution >= 4 is 17.3 Å². The number of hydrogen-bond acceptors (Lipinski definition) is 2. The van der Waals surface area contributed by atoms with Gasteiger partial charge in [0.2, 0.25) is 5.91 Å². The van der Waals surface area contributed by atoms with Gasteiger partial charge in [0.1, 0.15) is 0 Å². The van der Waals surface area contributed by atoms with Crippen LogP contribution in [0.5, 0.6) is 0 Å². The van der Waals surface area contributed by atoms with Crippen LogP contribution in [0.4, 0.5) is 11.4 Å². The first-order valence-corrected chi connectivity index (χ1v) is 8.13. The highest BCUT2D eigenvalue weighted by atomic mass is 16.2. The summed E-state index contributed by atoms with van der Waals surface area (Å²) in [4.78, 5) is 11.9. The summed E-state index contributed by atoms with van der Waals surface area (Å²) in [6, 6.07) is 8.67. The first-order chi connectivity index (χ1) is 9.95. The average molecular weight is 288 g/mol. The molecule has 116 valence electrons. The molecule has 0 spiro atoms. The van der Waals surface area contributed by atoms with Crippen LogP contribution in [0.25, 0.3) is 0 Å². The number of anilines is 2. The first-order valence-electron chi connectivity index (χ1n) is 8.13. The van der Waals surface area contributed by atoms with Crippen LogP contribution >= 0.6 is 0 Å². The van der Waals surface area contributed by atoms with Crippen LogP contribution in [0.2, 0.25) is 0 Å². The van der Waals surface area contributed by atoms with Crippen molar-refractivity contribution in [3.8, 4) is 0 Å². The minimum absolute atomic E-state index is 0.0481. The van der Waals surface area contributed by atoms with E-state index in [0.29, 0.717) is 6.04 Å². The number of rotatable bonds is 3. The van der Waals surface area contributed by atoms with Gasteiger partial charge in [-0.1, -0.05) is 46.5 Å². The van der Waals surface area contributed by atoms with Crippen LogP contribution in [0.1, 0.15) is 59.3 Å². The predicted octanol–water partition coefficient (Wildman–Crippen LogP) is 4.81. The summed E-state index contributed by atoms with van der Waals surface area (Å²) in [5.41, 5.74) is 1.65. The Morgan fingerprint density at radius 1 is 0.952 bits per heavy atom. The Kier molecular flexibility index (Phi) is 5.27. The van der Waals surface area contributed by atoms with Gasteiger partial charge in [0.05, 0.1) is 0 Å². The summed E-state index contributed by atoms with van der Waals surface area (Å²) in [5, 5.41) is 6.57. The van der Waals surface area contributed by atoms with Gasteiger partial charge in [0.15, 0.2) is 0 Å². The minimum Gasteiger partial charge on any atom is -0.382 e. The van der Waals surface area contributed by atoms with Gasteiger partial charge in [0, 0.05) is 22.8 Å². The third kappa shape index (κ3) is 5.07. The van der Waals surface area contributed by atoms with Crippen molar-refractivity contribution in [1.82, 2.24) is 0 Å². The van der Waals surface area contributed by atoms with Crippen molar-refractivity contribution in [2.75, 3.05) is 10.6 Å². The number of benzene rings is 1. The Morgan fingerprint density at radius 3 is 2.00 bits per heavy atom. The Morgan fingerprint density at radius 2 is 1.48 bits per heavy atom. The third-order valence-corrected chi connectivity index (χ3v) is 4.05. The van der Waals surface area contributed by atoms with E-state index in [0.717, 1.165) is 11.4 Å². The molecule has 1 aromatic carbocycles. The first kappa shape index (κ1) is 15.9. The Labute approximate surface area is 128 Å². The zero-order chi connectivity index (χ0) is 15.3. The second kappa shape index (κ2) is 6.97. The maximum Gasteiger partial charge on any atom is 0.229 e. The predicted molar refractivity (Wildman–Crippen MR) is 89.6 cm³/mol. The molecule has 1 aromatic rings. The van der Waals surface area contributed by atoms with Gasteiger partial charge in [-0.2, -0.15) is 0 Å². The van der Waals surface area contributed by atoms with Crippen molar-refractivity contribution in [2.45, 2.75) is 65.3 Å².